The first kappa shape index (κ1) is 24.0. The molecule has 1 aromatic heterocycles. The van der Waals surface area contributed by atoms with Crippen molar-refractivity contribution in [1.82, 2.24) is 24.9 Å². The predicted molar refractivity (Wildman–Crippen MR) is 132 cm³/mol. The van der Waals surface area contributed by atoms with Crippen LogP contribution in [0.15, 0.2) is 41.7 Å². The Morgan fingerprint density at radius 3 is 2.55 bits per heavy atom. The number of halogens is 1. The predicted octanol–water partition coefficient (Wildman–Crippen LogP) is 2.02. The second-order valence-electron chi connectivity index (χ2n) is 7.86. The minimum Gasteiger partial charge on any atom is -0.379 e. The molecule has 3 heterocycles. The number of morpholine rings is 2. The third kappa shape index (κ3) is 6.64. The summed E-state index contributed by atoms with van der Waals surface area (Å²) in [6.07, 6.45) is 3.91. The summed E-state index contributed by atoms with van der Waals surface area (Å²) >= 11 is 0. The van der Waals surface area contributed by atoms with Gasteiger partial charge < -0.3 is 19.7 Å². The van der Waals surface area contributed by atoms with Crippen molar-refractivity contribution in [2.75, 3.05) is 53.0 Å². The Kier molecular flexibility index (Phi) is 9.12. The first-order valence-electron chi connectivity index (χ1n) is 10.6. The monoisotopic (exact) mass is 540 g/mol. The topological polar surface area (TPSA) is 67.2 Å². The number of aliphatic imine (C=N–C) groups is 1. The van der Waals surface area contributed by atoms with Crippen molar-refractivity contribution in [3.63, 3.8) is 0 Å². The molecule has 1 N–H and O–H groups in total. The van der Waals surface area contributed by atoms with Crippen LogP contribution in [0.5, 0.6) is 0 Å². The van der Waals surface area contributed by atoms with E-state index < -0.39 is 0 Å². The Hall–Kier alpha value is -1.69. The summed E-state index contributed by atoms with van der Waals surface area (Å²) in [6.45, 7) is 7.71. The van der Waals surface area contributed by atoms with Crippen molar-refractivity contribution in [3.8, 4) is 0 Å². The van der Waals surface area contributed by atoms with Gasteiger partial charge in [0.05, 0.1) is 32.6 Å². The van der Waals surface area contributed by atoms with E-state index in [1.54, 1.807) is 0 Å². The minimum atomic E-state index is 0. The first-order chi connectivity index (χ1) is 14.7. The molecule has 4 rings (SSSR count). The molecule has 2 saturated heterocycles. The van der Waals surface area contributed by atoms with Gasteiger partial charge >= 0.3 is 0 Å². The maximum Gasteiger partial charge on any atom is 0.194 e. The van der Waals surface area contributed by atoms with Crippen LogP contribution in [0.25, 0.3) is 0 Å². The highest BCUT2D eigenvalue weighted by Crippen LogP contribution is 2.21. The third-order valence-corrected chi connectivity index (χ3v) is 5.66. The maximum absolute atomic E-state index is 5.95. The highest BCUT2D eigenvalue weighted by molar-refractivity contribution is 14.0. The van der Waals surface area contributed by atoms with Crippen molar-refractivity contribution < 1.29 is 9.47 Å². The van der Waals surface area contributed by atoms with Gasteiger partial charge in [-0.2, -0.15) is 5.10 Å². The van der Waals surface area contributed by atoms with E-state index in [2.05, 4.69) is 49.5 Å². The lowest BCUT2D eigenvalue weighted by molar-refractivity contribution is -0.00805. The molecule has 0 bridgehead atoms. The van der Waals surface area contributed by atoms with Gasteiger partial charge in [0.25, 0.3) is 0 Å². The van der Waals surface area contributed by atoms with E-state index in [4.69, 9.17) is 9.47 Å². The van der Waals surface area contributed by atoms with E-state index in [9.17, 15) is 0 Å². The molecule has 2 aromatic rings. The molecule has 0 aliphatic carbocycles. The molecule has 1 aromatic carbocycles. The molecule has 1 atom stereocenters. The van der Waals surface area contributed by atoms with Gasteiger partial charge in [-0.05, 0) is 11.1 Å². The zero-order chi connectivity index (χ0) is 20.8. The zero-order valence-electron chi connectivity index (χ0n) is 18.4. The molecule has 8 nitrogen and oxygen atoms in total. The van der Waals surface area contributed by atoms with E-state index in [-0.39, 0.29) is 30.1 Å². The van der Waals surface area contributed by atoms with Crippen LogP contribution in [0.3, 0.4) is 0 Å². The number of ether oxygens (including phenoxy) is 2. The van der Waals surface area contributed by atoms with Gasteiger partial charge in [0.15, 0.2) is 5.96 Å². The fraction of sp³-hybridized carbons (Fsp3) is 0.545. The van der Waals surface area contributed by atoms with Gasteiger partial charge in [0.1, 0.15) is 6.10 Å². The Morgan fingerprint density at radius 2 is 1.87 bits per heavy atom. The van der Waals surface area contributed by atoms with E-state index >= 15 is 0 Å². The van der Waals surface area contributed by atoms with Gasteiger partial charge in [-0.15, -0.1) is 24.0 Å². The molecule has 9 heteroatoms. The van der Waals surface area contributed by atoms with Crippen LogP contribution in [0.2, 0.25) is 0 Å². The summed E-state index contributed by atoms with van der Waals surface area (Å²) in [7, 11) is 3.76. The number of nitrogens with one attached hydrogen (secondary N) is 1. The van der Waals surface area contributed by atoms with Crippen LogP contribution in [0.1, 0.15) is 22.8 Å². The zero-order valence-corrected chi connectivity index (χ0v) is 20.7. The summed E-state index contributed by atoms with van der Waals surface area (Å²) in [5.41, 5.74) is 3.70. The van der Waals surface area contributed by atoms with Crippen LogP contribution < -0.4 is 5.32 Å². The van der Waals surface area contributed by atoms with Gasteiger partial charge in [-0.1, -0.05) is 24.3 Å². The quantitative estimate of drug-likeness (QED) is 0.356. The maximum atomic E-state index is 5.95. The lowest BCUT2D eigenvalue weighted by atomic mass is 10.1. The van der Waals surface area contributed by atoms with Crippen molar-refractivity contribution >= 4 is 29.9 Å². The second kappa shape index (κ2) is 11.8. The summed E-state index contributed by atoms with van der Waals surface area (Å²) < 4.78 is 13.2. The fourth-order valence-electron chi connectivity index (χ4n) is 3.94. The Morgan fingerprint density at radius 1 is 1.13 bits per heavy atom. The molecule has 2 fully saturated rings. The molecule has 0 amide bonds. The minimum absolute atomic E-state index is 0. The number of benzene rings is 1. The van der Waals surface area contributed by atoms with E-state index in [0.29, 0.717) is 6.61 Å². The Bertz CT molecular complexity index is 835. The Balaban J connectivity index is 0.00000272. The SMILES string of the molecule is CN=C(NCc1ccc(CN2CCOCC2)cc1)N1CCOC(c2cnn(C)c2)C1.I. The molecule has 170 valence electrons. The molecule has 2 aliphatic heterocycles. The average Bonchev–Trinajstić information content (AvgIpc) is 3.23. The standard InChI is InChI=1S/C22H32N6O2.HI/c1-23-22(28-9-12-30-21(17-28)20-14-25-26(2)16-20)24-13-18-3-5-19(6-4-18)15-27-7-10-29-11-8-27;/h3-6,14,16,21H,7-13,15,17H2,1-2H3,(H,23,24);1H. The van der Waals surface area contributed by atoms with Crippen LogP contribution in [-0.4, -0.2) is 78.6 Å². The smallest absolute Gasteiger partial charge is 0.194 e. The van der Waals surface area contributed by atoms with Crippen LogP contribution in [-0.2, 0) is 29.6 Å². The highest BCUT2D eigenvalue weighted by Gasteiger charge is 2.25. The van der Waals surface area contributed by atoms with Gasteiger partial charge in [0.2, 0.25) is 0 Å². The van der Waals surface area contributed by atoms with Gasteiger partial charge in [0, 0.05) is 58.6 Å². The summed E-state index contributed by atoms with van der Waals surface area (Å²) in [6, 6.07) is 8.85. The average molecular weight is 540 g/mol. The molecular weight excluding hydrogens is 507 g/mol. The van der Waals surface area contributed by atoms with Crippen molar-refractivity contribution in [1.29, 1.82) is 0 Å². The second-order valence-corrected chi connectivity index (χ2v) is 7.86. The lowest BCUT2D eigenvalue weighted by Gasteiger charge is -2.34. The highest BCUT2D eigenvalue weighted by atomic mass is 127. The lowest BCUT2D eigenvalue weighted by Crippen LogP contribution is -2.47. The van der Waals surface area contributed by atoms with Crippen LogP contribution >= 0.6 is 24.0 Å². The van der Waals surface area contributed by atoms with Crippen LogP contribution in [0, 0.1) is 0 Å². The van der Waals surface area contributed by atoms with E-state index in [1.807, 2.05) is 31.2 Å². The van der Waals surface area contributed by atoms with Crippen molar-refractivity contribution in [3.05, 3.63) is 53.3 Å². The third-order valence-electron chi connectivity index (χ3n) is 5.66. The normalized spacial score (nSPS) is 20.4. The van der Waals surface area contributed by atoms with Gasteiger partial charge in [-0.25, -0.2) is 0 Å². The fourth-order valence-corrected chi connectivity index (χ4v) is 3.94. The molecule has 0 saturated carbocycles. The molecule has 0 spiro atoms. The number of aromatic nitrogens is 2. The van der Waals surface area contributed by atoms with E-state index in [1.165, 1.54) is 11.1 Å². The van der Waals surface area contributed by atoms with Crippen molar-refractivity contribution in [2.24, 2.45) is 12.0 Å². The van der Waals surface area contributed by atoms with Gasteiger partial charge in [-0.3, -0.25) is 14.6 Å². The summed E-state index contributed by atoms with van der Waals surface area (Å²) in [5.74, 6) is 0.907. The molecule has 0 radical (unpaired) electrons. The molecular formula is C22H33IN6O2. The summed E-state index contributed by atoms with van der Waals surface area (Å²) in [5, 5.41) is 7.77. The number of guanidine groups is 1. The molecule has 1 unspecified atom stereocenters. The van der Waals surface area contributed by atoms with Crippen LogP contribution in [0.4, 0.5) is 0 Å². The molecule has 31 heavy (non-hydrogen) atoms. The Labute approximate surface area is 201 Å². The van der Waals surface area contributed by atoms with Crippen molar-refractivity contribution in [2.45, 2.75) is 19.2 Å². The largest absolute Gasteiger partial charge is 0.379 e. The molecule has 2 aliphatic rings. The summed E-state index contributed by atoms with van der Waals surface area (Å²) in [4.78, 5) is 9.19. The first-order valence-corrected chi connectivity index (χ1v) is 10.6. The number of hydrogen-bond donors (Lipinski definition) is 1. The number of rotatable bonds is 5. The van der Waals surface area contributed by atoms with E-state index in [0.717, 1.165) is 64.0 Å². The number of hydrogen-bond acceptors (Lipinski definition) is 5. The number of aryl methyl sites for hydroxylation is 1. The number of nitrogens with zero attached hydrogens (tertiary/aromatic N) is 5.